The molecule has 2 heterocycles. The maximum Gasteiger partial charge on any atom is 0.228 e. The second-order valence-electron chi connectivity index (χ2n) is 8.08. The lowest BCUT2D eigenvalue weighted by atomic mass is 10.1. The molecule has 0 saturated carbocycles. The van der Waals surface area contributed by atoms with Crippen molar-refractivity contribution in [2.45, 2.75) is 78.3 Å². The molecule has 0 spiro atoms. The van der Waals surface area contributed by atoms with Gasteiger partial charge in [0.1, 0.15) is 0 Å². The molecule has 2 aromatic heterocycles. The Balaban J connectivity index is 1.54. The van der Waals surface area contributed by atoms with E-state index >= 15 is 0 Å². The third-order valence-electron chi connectivity index (χ3n) is 4.22. The van der Waals surface area contributed by atoms with Gasteiger partial charge in [-0.15, -0.1) is 0 Å². The number of aromatic nitrogens is 6. The molecule has 4 N–H and O–H groups in total. The van der Waals surface area contributed by atoms with Crippen LogP contribution in [0, 0.1) is 0 Å². The zero-order valence-corrected chi connectivity index (χ0v) is 20.8. The molecule has 0 atom stereocenters. The van der Waals surface area contributed by atoms with Gasteiger partial charge in [0.05, 0.1) is 0 Å². The molecular formula is C20H34Cl2N10. The van der Waals surface area contributed by atoms with Crippen LogP contribution in [0.1, 0.15) is 66.2 Å². The summed E-state index contributed by atoms with van der Waals surface area (Å²) in [6.07, 6.45) is 6.74. The van der Waals surface area contributed by atoms with Gasteiger partial charge in [-0.3, -0.25) is 0 Å². The van der Waals surface area contributed by atoms with Gasteiger partial charge in [-0.2, -0.15) is 29.9 Å². The van der Waals surface area contributed by atoms with Crippen LogP contribution in [0.3, 0.4) is 0 Å². The molecule has 32 heavy (non-hydrogen) atoms. The van der Waals surface area contributed by atoms with Crippen molar-refractivity contribution in [3.05, 3.63) is 10.6 Å². The fraction of sp³-hybridized carbons (Fsp3) is 0.700. The summed E-state index contributed by atoms with van der Waals surface area (Å²) in [5.74, 6) is 1.99. The van der Waals surface area contributed by atoms with E-state index in [1.165, 1.54) is 12.8 Å². The largest absolute Gasteiger partial charge is 0.354 e. The van der Waals surface area contributed by atoms with Crippen molar-refractivity contribution < 1.29 is 0 Å². The minimum absolute atomic E-state index is 0.186. The molecule has 0 aromatic carbocycles. The summed E-state index contributed by atoms with van der Waals surface area (Å²) in [5, 5.41) is 13.1. The number of hydrogen-bond donors (Lipinski definition) is 4. The Morgan fingerprint density at radius 3 is 1.25 bits per heavy atom. The monoisotopic (exact) mass is 484 g/mol. The highest BCUT2D eigenvalue weighted by atomic mass is 35.5. The van der Waals surface area contributed by atoms with Crippen LogP contribution in [0.5, 0.6) is 0 Å². The van der Waals surface area contributed by atoms with Crippen molar-refractivity contribution >= 4 is 47.0 Å². The number of rotatable bonds is 15. The van der Waals surface area contributed by atoms with Crippen molar-refractivity contribution in [2.24, 2.45) is 0 Å². The predicted molar refractivity (Wildman–Crippen MR) is 132 cm³/mol. The summed E-state index contributed by atoms with van der Waals surface area (Å²) in [6.45, 7) is 9.68. The second kappa shape index (κ2) is 14.1. The highest BCUT2D eigenvalue weighted by molar-refractivity contribution is 6.28. The first-order valence-corrected chi connectivity index (χ1v) is 11.9. The Morgan fingerprint density at radius 1 is 0.531 bits per heavy atom. The lowest BCUT2D eigenvalue weighted by molar-refractivity contribution is 0.609. The maximum absolute atomic E-state index is 5.96. The zero-order valence-electron chi connectivity index (χ0n) is 19.3. The van der Waals surface area contributed by atoms with E-state index in [0.717, 1.165) is 38.8 Å². The molecule has 0 aliphatic rings. The van der Waals surface area contributed by atoms with Gasteiger partial charge in [0.15, 0.2) is 0 Å². The molecule has 12 heteroatoms. The average molecular weight is 485 g/mol. The molecule has 0 radical (unpaired) electrons. The molecule has 0 unspecified atom stereocenters. The summed E-state index contributed by atoms with van der Waals surface area (Å²) in [5.41, 5.74) is 0. The van der Waals surface area contributed by atoms with E-state index in [1.807, 2.05) is 27.7 Å². The topological polar surface area (TPSA) is 125 Å². The number of halogens is 2. The third kappa shape index (κ3) is 10.9. The zero-order chi connectivity index (χ0) is 23.3. The third-order valence-corrected chi connectivity index (χ3v) is 4.56. The fourth-order valence-corrected chi connectivity index (χ4v) is 3.18. The Labute approximate surface area is 200 Å². The molecular weight excluding hydrogens is 451 g/mol. The normalized spacial score (nSPS) is 11.1. The van der Waals surface area contributed by atoms with Crippen LogP contribution in [-0.2, 0) is 0 Å². The fourth-order valence-electron chi connectivity index (χ4n) is 2.86. The van der Waals surface area contributed by atoms with E-state index in [2.05, 4.69) is 51.2 Å². The van der Waals surface area contributed by atoms with Crippen LogP contribution in [0.4, 0.5) is 23.8 Å². The van der Waals surface area contributed by atoms with Gasteiger partial charge in [0, 0.05) is 25.2 Å². The lowest BCUT2D eigenvalue weighted by Gasteiger charge is -2.10. The van der Waals surface area contributed by atoms with Gasteiger partial charge in [0.2, 0.25) is 34.4 Å². The van der Waals surface area contributed by atoms with Crippen LogP contribution >= 0.6 is 23.2 Å². The number of nitrogens with zero attached hydrogens (tertiary/aromatic N) is 6. The van der Waals surface area contributed by atoms with E-state index in [0.29, 0.717) is 23.8 Å². The summed E-state index contributed by atoms with van der Waals surface area (Å²) in [7, 11) is 0. The molecule has 0 bridgehead atoms. The van der Waals surface area contributed by atoms with E-state index in [-0.39, 0.29) is 22.7 Å². The Hall–Kier alpha value is -2.20. The van der Waals surface area contributed by atoms with Crippen LogP contribution in [0.25, 0.3) is 0 Å². The van der Waals surface area contributed by atoms with Gasteiger partial charge in [-0.05, 0) is 63.7 Å². The number of unbranched alkanes of at least 4 members (excludes halogenated alkanes) is 5. The average Bonchev–Trinajstić information content (AvgIpc) is 2.67. The Kier molecular flexibility index (Phi) is 11.4. The van der Waals surface area contributed by atoms with Gasteiger partial charge < -0.3 is 21.3 Å². The van der Waals surface area contributed by atoms with Crippen molar-refractivity contribution in [3.8, 4) is 0 Å². The second-order valence-corrected chi connectivity index (χ2v) is 8.75. The molecule has 0 amide bonds. The number of nitrogens with one attached hydrogen (secondary N) is 4. The quantitative estimate of drug-likeness (QED) is 0.260. The van der Waals surface area contributed by atoms with Gasteiger partial charge in [-0.25, -0.2) is 0 Å². The van der Waals surface area contributed by atoms with Crippen LogP contribution in [0.15, 0.2) is 0 Å². The highest BCUT2D eigenvalue weighted by Gasteiger charge is 2.07. The molecule has 2 rings (SSSR count). The molecule has 0 aliphatic carbocycles. The first kappa shape index (κ1) is 26.1. The number of hydrogen-bond acceptors (Lipinski definition) is 10. The van der Waals surface area contributed by atoms with E-state index in [9.17, 15) is 0 Å². The van der Waals surface area contributed by atoms with Crippen LogP contribution < -0.4 is 21.3 Å². The van der Waals surface area contributed by atoms with Gasteiger partial charge >= 0.3 is 0 Å². The SMILES string of the molecule is CC(C)Nc1nc(Cl)nc(NCCCCCCCCNc2nc(Cl)nc(NC(C)C)n2)n1. The minimum atomic E-state index is 0.186. The van der Waals surface area contributed by atoms with Crippen molar-refractivity contribution in [3.63, 3.8) is 0 Å². The molecule has 178 valence electrons. The molecule has 0 fully saturated rings. The number of anilines is 4. The first-order valence-electron chi connectivity index (χ1n) is 11.2. The van der Waals surface area contributed by atoms with Crippen LogP contribution in [0.2, 0.25) is 10.6 Å². The summed E-state index contributed by atoms with van der Waals surface area (Å²) >= 11 is 11.9. The van der Waals surface area contributed by atoms with Crippen LogP contribution in [-0.4, -0.2) is 55.1 Å². The minimum Gasteiger partial charge on any atom is -0.354 e. The van der Waals surface area contributed by atoms with Crippen molar-refractivity contribution in [2.75, 3.05) is 34.4 Å². The Morgan fingerprint density at radius 2 is 0.875 bits per heavy atom. The summed E-state index contributed by atoms with van der Waals surface area (Å²) in [6, 6.07) is 0.455. The van der Waals surface area contributed by atoms with Gasteiger partial charge in [-0.1, -0.05) is 25.7 Å². The molecule has 0 aliphatic heterocycles. The molecule has 0 saturated heterocycles. The predicted octanol–water partition coefficient (Wildman–Crippen LogP) is 4.87. The van der Waals surface area contributed by atoms with Crippen molar-refractivity contribution in [1.82, 2.24) is 29.9 Å². The highest BCUT2D eigenvalue weighted by Crippen LogP contribution is 2.13. The first-order chi connectivity index (χ1) is 15.3. The van der Waals surface area contributed by atoms with Gasteiger partial charge in [0.25, 0.3) is 0 Å². The lowest BCUT2D eigenvalue weighted by Crippen LogP contribution is -2.15. The molecule has 2 aromatic rings. The Bertz CT molecular complexity index is 751. The van der Waals surface area contributed by atoms with E-state index in [1.54, 1.807) is 0 Å². The van der Waals surface area contributed by atoms with Crippen molar-refractivity contribution in [1.29, 1.82) is 0 Å². The van der Waals surface area contributed by atoms with E-state index < -0.39 is 0 Å². The smallest absolute Gasteiger partial charge is 0.228 e. The summed E-state index contributed by atoms with van der Waals surface area (Å²) in [4.78, 5) is 25.0. The van der Waals surface area contributed by atoms with E-state index in [4.69, 9.17) is 23.2 Å². The summed E-state index contributed by atoms with van der Waals surface area (Å²) < 4.78 is 0. The molecule has 10 nitrogen and oxygen atoms in total. The standard InChI is InChI=1S/C20H34Cl2N10/c1-13(2)25-19-29-15(21)27-17(31-19)23-11-9-7-5-6-8-10-12-24-18-28-16(22)30-20(32-18)26-14(3)4/h13-14H,5-12H2,1-4H3,(H2,23,25,27,29,31)(H2,24,26,28,30,32). The maximum atomic E-state index is 5.96.